The van der Waals surface area contributed by atoms with Gasteiger partial charge in [-0.3, -0.25) is 4.99 Å². The number of aliphatic imine (C=N–C) groups is 1. The van der Waals surface area contributed by atoms with Crippen LogP contribution in [0.15, 0.2) is 46.0 Å². The highest BCUT2D eigenvalue weighted by Crippen LogP contribution is 2.28. The van der Waals surface area contributed by atoms with Gasteiger partial charge in [0, 0.05) is 25.2 Å². The molecule has 1 aliphatic rings. The number of nitrogens with zero attached hydrogens (tertiary/aromatic N) is 3. The van der Waals surface area contributed by atoms with Gasteiger partial charge in [0.2, 0.25) is 5.89 Å². The zero-order valence-corrected chi connectivity index (χ0v) is 17.3. The third-order valence-electron chi connectivity index (χ3n) is 5.57. The molecule has 6 heteroatoms. The van der Waals surface area contributed by atoms with E-state index in [-0.39, 0.29) is 0 Å². The van der Waals surface area contributed by atoms with E-state index in [0.717, 1.165) is 29.7 Å². The Morgan fingerprint density at radius 2 is 1.93 bits per heavy atom. The van der Waals surface area contributed by atoms with Crippen molar-refractivity contribution in [3.63, 3.8) is 0 Å². The van der Waals surface area contributed by atoms with Crippen molar-refractivity contribution in [1.82, 2.24) is 20.5 Å². The van der Waals surface area contributed by atoms with Gasteiger partial charge in [-0.25, -0.2) is 4.98 Å². The van der Waals surface area contributed by atoms with Gasteiger partial charge >= 0.3 is 0 Å². The molecule has 0 bridgehead atoms. The zero-order chi connectivity index (χ0) is 19.8. The van der Waals surface area contributed by atoms with Crippen LogP contribution in [0.1, 0.15) is 37.8 Å². The predicted molar refractivity (Wildman–Crippen MR) is 114 cm³/mol. The number of oxazole rings is 1. The summed E-state index contributed by atoms with van der Waals surface area (Å²) in [5.41, 5.74) is 1.84. The maximum atomic E-state index is 5.61. The van der Waals surface area contributed by atoms with Crippen LogP contribution >= 0.6 is 0 Å². The van der Waals surface area contributed by atoms with Crippen LogP contribution in [0, 0.1) is 5.92 Å². The van der Waals surface area contributed by atoms with Crippen molar-refractivity contribution in [2.45, 2.75) is 44.7 Å². The summed E-state index contributed by atoms with van der Waals surface area (Å²) in [4.78, 5) is 11.3. The quantitative estimate of drug-likeness (QED) is 0.566. The van der Waals surface area contributed by atoms with Gasteiger partial charge in [0.15, 0.2) is 5.96 Å². The molecule has 1 heterocycles. The van der Waals surface area contributed by atoms with Crippen molar-refractivity contribution in [1.29, 1.82) is 0 Å². The molecule has 0 spiro atoms. The average molecular weight is 384 g/mol. The maximum Gasteiger partial charge on any atom is 0.226 e. The number of aromatic nitrogens is 1. The van der Waals surface area contributed by atoms with Gasteiger partial charge in [0.05, 0.1) is 12.2 Å². The summed E-state index contributed by atoms with van der Waals surface area (Å²) in [6.45, 7) is 1.47. The molecule has 1 atom stereocenters. The van der Waals surface area contributed by atoms with Crippen molar-refractivity contribution in [3.8, 4) is 11.5 Å². The highest BCUT2D eigenvalue weighted by molar-refractivity contribution is 5.79. The molecule has 1 aliphatic carbocycles. The Bertz CT molecular complexity index is 734. The first-order valence-electron chi connectivity index (χ1n) is 10.3. The summed E-state index contributed by atoms with van der Waals surface area (Å²) < 4.78 is 5.61. The molecule has 2 N–H and O–H groups in total. The van der Waals surface area contributed by atoms with E-state index in [4.69, 9.17) is 4.42 Å². The van der Waals surface area contributed by atoms with Crippen LogP contribution in [0.3, 0.4) is 0 Å². The van der Waals surface area contributed by atoms with E-state index < -0.39 is 0 Å². The number of guanidine groups is 1. The van der Waals surface area contributed by atoms with Crippen LogP contribution in [-0.4, -0.2) is 49.6 Å². The lowest BCUT2D eigenvalue weighted by Crippen LogP contribution is -2.48. The molecule has 152 valence electrons. The summed E-state index contributed by atoms with van der Waals surface area (Å²) >= 11 is 0. The minimum absolute atomic E-state index is 0.524. The summed E-state index contributed by atoms with van der Waals surface area (Å²) in [5, 5.41) is 6.84. The minimum Gasteiger partial charge on any atom is -0.444 e. The lowest BCUT2D eigenvalue weighted by molar-refractivity contribution is 0.171. The number of hydrogen-bond acceptors (Lipinski definition) is 4. The highest BCUT2D eigenvalue weighted by Gasteiger charge is 2.25. The van der Waals surface area contributed by atoms with Crippen molar-refractivity contribution in [3.05, 3.63) is 42.3 Å². The summed E-state index contributed by atoms with van der Waals surface area (Å²) in [7, 11) is 6.16. The van der Waals surface area contributed by atoms with Crippen LogP contribution in [0.4, 0.5) is 0 Å². The molecule has 0 amide bonds. The van der Waals surface area contributed by atoms with E-state index in [0.29, 0.717) is 18.5 Å². The molecule has 0 aliphatic heterocycles. The van der Waals surface area contributed by atoms with Gasteiger partial charge in [0.25, 0.3) is 0 Å². The fourth-order valence-electron chi connectivity index (χ4n) is 3.99. The van der Waals surface area contributed by atoms with Gasteiger partial charge in [0.1, 0.15) is 6.26 Å². The van der Waals surface area contributed by atoms with Crippen LogP contribution in [-0.2, 0) is 6.54 Å². The average Bonchev–Trinajstić information content (AvgIpc) is 3.21. The third kappa shape index (κ3) is 5.58. The molecule has 3 rings (SSSR count). The van der Waals surface area contributed by atoms with E-state index in [1.165, 1.54) is 32.1 Å². The normalized spacial score (nSPS) is 16.9. The lowest BCUT2D eigenvalue weighted by atomic mass is 9.83. The number of benzene rings is 1. The molecule has 28 heavy (non-hydrogen) atoms. The molecular weight excluding hydrogens is 350 g/mol. The topological polar surface area (TPSA) is 65.7 Å². The summed E-state index contributed by atoms with van der Waals surface area (Å²) in [6.07, 6.45) is 8.47. The summed E-state index contributed by atoms with van der Waals surface area (Å²) in [6, 6.07) is 10.5. The Balaban J connectivity index is 1.51. The Kier molecular flexibility index (Phi) is 7.48. The molecule has 6 nitrogen and oxygen atoms in total. The number of likely N-dealkylation sites (N-methyl/N-ethyl adjacent to an activating group) is 1. The van der Waals surface area contributed by atoms with Crippen molar-refractivity contribution in [2.75, 3.05) is 27.7 Å². The molecule has 1 fully saturated rings. The van der Waals surface area contributed by atoms with Gasteiger partial charge in [-0.15, -0.1) is 0 Å². The van der Waals surface area contributed by atoms with Crippen LogP contribution in [0.2, 0.25) is 0 Å². The van der Waals surface area contributed by atoms with Gasteiger partial charge in [-0.2, -0.15) is 0 Å². The van der Waals surface area contributed by atoms with Crippen molar-refractivity contribution < 1.29 is 4.42 Å². The fourth-order valence-corrected chi connectivity index (χ4v) is 3.99. The second-order valence-electron chi connectivity index (χ2n) is 7.75. The smallest absolute Gasteiger partial charge is 0.226 e. The molecule has 0 saturated heterocycles. The van der Waals surface area contributed by atoms with Gasteiger partial charge in [-0.1, -0.05) is 37.5 Å². The van der Waals surface area contributed by atoms with E-state index in [1.807, 2.05) is 30.3 Å². The Morgan fingerprint density at radius 1 is 1.18 bits per heavy atom. The van der Waals surface area contributed by atoms with E-state index in [2.05, 4.69) is 39.6 Å². The second kappa shape index (κ2) is 10.3. The zero-order valence-electron chi connectivity index (χ0n) is 17.3. The highest BCUT2D eigenvalue weighted by atomic mass is 16.3. The first-order valence-corrected chi connectivity index (χ1v) is 10.3. The molecule has 1 aromatic carbocycles. The number of hydrogen-bond donors (Lipinski definition) is 2. The maximum absolute atomic E-state index is 5.61. The predicted octanol–water partition coefficient (Wildman–Crippen LogP) is 3.52. The number of rotatable bonds is 7. The molecule has 1 unspecified atom stereocenters. The fraction of sp³-hybridized carbons (Fsp3) is 0.545. The molecule has 1 aromatic heterocycles. The van der Waals surface area contributed by atoms with Gasteiger partial charge < -0.3 is 20.0 Å². The standard InChI is InChI=1S/C22H33N5O/c1-23-22(25-15-20(27(2)3)17-10-6-4-7-11-17)24-14-19-16-28-21(26-19)18-12-8-5-9-13-18/h5,8-9,12-13,16-17,20H,4,6-7,10-11,14-15H2,1-3H3,(H2,23,24,25). The Hall–Kier alpha value is -2.34. The molecule has 2 aromatic rings. The SMILES string of the molecule is CN=C(NCc1coc(-c2ccccc2)n1)NCC(C1CCCCC1)N(C)C. The monoisotopic (exact) mass is 383 g/mol. The van der Waals surface area contributed by atoms with E-state index in [9.17, 15) is 0 Å². The largest absolute Gasteiger partial charge is 0.444 e. The minimum atomic E-state index is 0.524. The second-order valence-corrected chi connectivity index (χ2v) is 7.75. The van der Waals surface area contributed by atoms with Crippen molar-refractivity contribution >= 4 is 5.96 Å². The molecule has 1 saturated carbocycles. The van der Waals surface area contributed by atoms with E-state index >= 15 is 0 Å². The number of nitrogens with one attached hydrogen (secondary N) is 2. The van der Waals surface area contributed by atoms with Crippen molar-refractivity contribution in [2.24, 2.45) is 10.9 Å². The Labute approximate surface area is 168 Å². The van der Waals surface area contributed by atoms with Crippen LogP contribution in [0.5, 0.6) is 0 Å². The van der Waals surface area contributed by atoms with Crippen LogP contribution < -0.4 is 10.6 Å². The van der Waals surface area contributed by atoms with Crippen LogP contribution in [0.25, 0.3) is 11.5 Å². The first kappa shape index (κ1) is 20.4. The van der Waals surface area contributed by atoms with Gasteiger partial charge in [-0.05, 0) is 45.0 Å². The van der Waals surface area contributed by atoms with E-state index in [1.54, 1.807) is 13.3 Å². The molecular formula is C22H33N5O. The molecule has 0 radical (unpaired) electrons. The third-order valence-corrected chi connectivity index (χ3v) is 5.57. The first-order chi connectivity index (χ1) is 13.7. The summed E-state index contributed by atoms with van der Waals surface area (Å²) in [5.74, 6) is 2.20. The Morgan fingerprint density at radius 3 is 2.61 bits per heavy atom. The lowest BCUT2D eigenvalue weighted by Gasteiger charge is -2.35.